The van der Waals surface area contributed by atoms with E-state index < -0.39 is 21.3 Å². The number of halogens is 2. The van der Waals surface area contributed by atoms with Gasteiger partial charge in [-0.1, -0.05) is 255 Å². The summed E-state index contributed by atoms with van der Waals surface area (Å²) in [6.07, 6.45) is 72.5. The van der Waals surface area contributed by atoms with E-state index in [9.17, 15) is 26.8 Å². The molecule has 0 saturated heterocycles. The lowest BCUT2D eigenvalue weighted by Gasteiger charge is -2.35. The van der Waals surface area contributed by atoms with Crippen LogP contribution in [0.3, 0.4) is 0 Å². The fourth-order valence-corrected chi connectivity index (χ4v) is 22.7. The van der Waals surface area contributed by atoms with Gasteiger partial charge in [-0.25, -0.2) is 18.4 Å². The number of hydrogen-bond donors (Lipinski definition) is 3. The Morgan fingerprint density at radius 3 is 0.953 bits per heavy atom. The quantitative estimate of drug-likeness (QED) is 0.0299. The summed E-state index contributed by atoms with van der Waals surface area (Å²) in [6, 6.07) is 70.2. The molecule has 3 N–H and O–H groups in total. The molecule has 0 bridgehead atoms. The second-order valence-electron chi connectivity index (χ2n) is 41.6. The van der Waals surface area contributed by atoms with Gasteiger partial charge in [-0.3, -0.25) is 38.9 Å². The number of aryl methyl sites for hydroxylation is 8. The van der Waals surface area contributed by atoms with Crippen molar-refractivity contribution in [3.63, 3.8) is 0 Å². The Hall–Kier alpha value is -11.3. The van der Waals surface area contributed by atoms with Gasteiger partial charge >= 0.3 is 12.2 Å². The molecule has 0 spiro atoms. The van der Waals surface area contributed by atoms with Crippen molar-refractivity contribution in [3.05, 3.63) is 283 Å². The molecule has 790 valence electrons. The zero-order valence-corrected chi connectivity index (χ0v) is 90.1. The van der Waals surface area contributed by atoms with Crippen molar-refractivity contribution < 1.29 is 50.3 Å². The average molecular weight is 2030 g/mol. The third-order valence-corrected chi connectivity index (χ3v) is 29.5. The number of aliphatic hydroxyl groups is 1. The van der Waals surface area contributed by atoms with Crippen LogP contribution in [0.15, 0.2) is 194 Å². The smallest absolute Gasteiger partial charge is 0.411 e. The summed E-state index contributed by atoms with van der Waals surface area (Å²) in [5.74, 6) is 18.7. The summed E-state index contributed by atoms with van der Waals surface area (Å²) in [5.41, 5.74) is 21.0. The van der Waals surface area contributed by atoms with Gasteiger partial charge in [0.2, 0.25) is 0 Å². The van der Waals surface area contributed by atoms with Gasteiger partial charge in [0.15, 0.2) is 0 Å². The van der Waals surface area contributed by atoms with Crippen molar-refractivity contribution in [1.82, 2.24) is 40.0 Å². The number of amides is 2. The average Bonchev–Trinajstić information content (AvgIpc) is 0.795. The van der Waals surface area contributed by atoms with E-state index in [0.717, 1.165) is 129 Å². The molecule has 0 radical (unpaired) electrons. The number of alkyl carbamates (subject to hydrolysis) is 1. The number of benzene rings is 8. The molecular weight excluding hydrogens is 1860 g/mol. The summed E-state index contributed by atoms with van der Waals surface area (Å²) < 4.78 is 69.1. The first-order chi connectivity index (χ1) is 71.8. The summed E-state index contributed by atoms with van der Waals surface area (Å²) in [6.45, 7) is 18.5. The Labute approximate surface area is 887 Å². The molecule has 8 aromatic rings. The van der Waals surface area contributed by atoms with Crippen LogP contribution >= 0.6 is 0 Å². The molecule has 0 aliphatic heterocycles. The molecule has 8 atom stereocenters. The fourth-order valence-electron chi connectivity index (χ4n) is 22.3. The van der Waals surface area contributed by atoms with E-state index >= 15 is 0 Å². The van der Waals surface area contributed by atoms with Crippen LogP contribution in [0.4, 0.5) is 18.4 Å². The highest BCUT2D eigenvalue weighted by Crippen LogP contribution is 2.42. The van der Waals surface area contributed by atoms with Crippen LogP contribution in [-0.2, 0) is 79.9 Å². The molecule has 9 aliphatic carbocycles. The summed E-state index contributed by atoms with van der Waals surface area (Å²) in [4.78, 5) is 36.9. The first-order valence-electron chi connectivity index (χ1n) is 54.1. The molecule has 148 heavy (non-hydrogen) atoms. The van der Waals surface area contributed by atoms with E-state index in [2.05, 4.69) is 246 Å². The van der Waals surface area contributed by atoms with Crippen molar-refractivity contribution in [3.8, 4) is 86.4 Å². The van der Waals surface area contributed by atoms with Gasteiger partial charge in [-0.05, 0) is 297 Å². The van der Waals surface area contributed by atoms with Gasteiger partial charge < -0.3 is 24.6 Å². The highest BCUT2D eigenvalue weighted by atomic mass is 32.2. The number of fused-ring (bicyclic) bond motifs is 8. The van der Waals surface area contributed by atoms with E-state index in [-0.39, 0.29) is 63.4 Å². The molecule has 1 saturated carbocycles. The van der Waals surface area contributed by atoms with Crippen molar-refractivity contribution in [1.29, 1.82) is 0 Å². The van der Waals surface area contributed by atoms with Crippen LogP contribution in [0, 0.1) is 86.4 Å². The molecular formula is C128H164F2N8O9S. The van der Waals surface area contributed by atoms with Crippen LogP contribution in [0.1, 0.15) is 314 Å². The minimum atomic E-state index is -3.40. The molecule has 0 heterocycles. The zero-order chi connectivity index (χ0) is 106. The minimum Gasteiger partial charge on any atom is -0.444 e. The normalized spacial score (nSPS) is 19.1. The Morgan fingerprint density at radius 1 is 0.351 bits per heavy atom. The van der Waals surface area contributed by atoms with Crippen LogP contribution < -0.4 is 10.6 Å². The van der Waals surface area contributed by atoms with Gasteiger partial charge in [-0.15, -0.1) is 45.0 Å². The number of ether oxygens (including phenoxy) is 3. The summed E-state index contributed by atoms with van der Waals surface area (Å²) in [7, 11) is -3.40. The van der Waals surface area contributed by atoms with Crippen LogP contribution in [0.5, 0.6) is 0 Å². The SMILES string of the molecule is C#CCN(C(=O)OC(C)(C)C)C1CCCc2ccccc21.C#CCN(CCF)C1CCCc2ccccc21.C#CCN(CCO)C1CCCc2ccccc21.C#CCN(CCOC1CCCCC1)C1CCCc2ccccc21.C#CCN(CCOS(C)(=O)=O)C1CCCc2ccccc21.C#CCN(CC[18F])C1CCCc2ccccc21.C#CCNC1CCCc2ccccc21.CC(C)(C)OC(=O)NC1CCCc2ccccc21. The first-order valence-corrected chi connectivity index (χ1v) is 55.9. The highest BCUT2D eigenvalue weighted by Gasteiger charge is 2.36. The Morgan fingerprint density at radius 2 is 0.635 bits per heavy atom. The number of alkyl halides is 2. The summed E-state index contributed by atoms with van der Waals surface area (Å²) in [5, 5.41) is 15.5. The standard InChI is InChI=1S/C21H29NO.C18H23NO2.C16H21NO3S.2C15H18FN.C15H21NO2.C15H19NO.C13H15N/c1-2-15-22(16-17-23-19-11-4-3-5-12-19)21-14-8-10-18-9-6-7-13-20(18)21;1-5-13-19(17(20)21-18(2,3)4)16-12-8-10-14-9-6-7-11-15(14)16;1-3-11-17(12-13-20-21(2,18)19)16-10-6-8-14-7-4-5-9-15(14)16;2*1-2-11-17(12-10-16)15-9-5-7-13-6-3-4-8-14(13)15;1-15(2,3)18-14(17)16-13-10-6-8-11-7-4-5-9-12(11)13;1-2-10-16(11-12-17)15-9-5-7-13-6-3-4-8-14(13)15;1-2-10-14-13-9-5-7-11-6-3-4-8-12(11)13/h1,6-7,9,13,19,21H,3-5,8,10-12,14-17H2;1,6-7,9,11,16H,8,10,12-13H2,2-4H3;1,4-5,7,9,16H,6,8,10-13H2,2H3;2*1,3-4,6,8,15H,5,7,9-12H2;4-5,7,9,13H,6,8,10H2,1-3H3,(H,16,17);1,3-4,6,8,15,17H,5,7,9-12H2;1,3-4,6,8,13-14H,5,7,9-10H2/i;;;16-1;;;;. The lowest BCUT2D eigenvalue weighted by molar-refractivity contribution is 0.0111. The molecule has 2 amide bonds. The van der Waals surface area contributed by atoms with Crippen LogP contribution in [0.25, 0.3) is 0 Å². The summed E-state index contributed by atoms with van der Waals surface area (Å²) >= 11 is 0. The molecule has 9 aliphatic rings. The van der Waals surface area contributed by atoms with Gasteiger partial charge in [0, 0.05) is 69.0 Å². The molecule has 8 unspecified atom stereocenters. The lowest BCUT2D eigenvalue weighted by Crippen LogP contribution is -2.40. The third kappa shape index (κ3) is 38.3. The predicted molar refractivity (Wildman–Crippen MR) is 600 cm³/mol. The van der Waals surface area contributed by atoms with E-state index in [0.29, 0.717) is 102 Å². The largest absolute Gasteiger partial charge is 0.444 e. The predicted octanol–water partition coefficient (Wildman–Crippen LogP) is 24.1. The van der Waals surface area contributed by atoms with E-state index in [1.807, 2.05) is 65.8 Å². The minimum absolute atomic E-state index is 0.0147. The van der Waals surface area contributed by atoms with Gasteiger partial charge in [0.1, 0.15) is 24.6 Å². The van der Waals surface area contributed by atoms with Crippen molar-refractivity contribution >= 4 is 22.3 Å². The zero-order valence-electron chi connectivity index (χ0n) is 89.3. The van der Waals surface area contributed by atoms with Gasteiger partial charge in [0.25, 0.3) is 10.1 Å². The first kappa shape index (κ1) is 119. The number of nitrogens with zero attached hydrogens (tertiary/aromatic N) is 6. The third-order valence-electron chi connectivity index (χ3n) is 28.9. The Kier molecular flexibility index (Phi) is 51.0. The fraction of sp³-hybridized carbons (Fsp3) is 0.500. The molecule has 8 aromatic carbocycles. The van der Waals surface area contributed by atoms with Crippen molar-refractivity contribution in [2.75, 3.05) is 118 Å². The topological polar surface area (TPSA) is 169 Å². The number of carbonyl (C=O) groups is 2. The Balaban J connectivity index is 0.000000174. The second kappa shape index (κ2) is 63.6. The van der Waals surface area contributed by atoms with Crippen LogP contribution in [-0.4, -0.2) is 190 Å². The maximum absolute atomic E-state index is 12.6. The second-order valence-corrected chi connectivity index (χ2v) is 43.2. The van der Waals surface area contributed by atoms with Gasteiger partial charge in [-0.2, -0.15) is 8.42 Å². The number of nitrogens with one attached hydrogen (secondary N) is 2. The molecule has 17 nitrogen and oxygen atoms in total. The number of carbonyl (C=O) groups excluding carboxylic acids is 2. The molecule has 20 heteroatoms. The van der Waals surface area contributed by atoms with Gasteiger partial charge in [0.05, 0.1) is 90.1 Å². The monoisotopic (exact) mass is 2030 g/mol. The number of terminal acetylenes is 7. The van der Waals surface area contributed by atoms with Crippen molar-refractivity contribution in [2.45, 2.75) is 293 Å². The highest BCUT2D eigenvalue weighted by molar-refractivity contribution is 7.86. The lowest BCUT2D eigenvalue weighted by atomic mass is 9.87. The maximum atomic E-state index is 12.6. The number of rotatable bonds is 29. The van der Waals surface area contributed by atoms with E-state index in [4.69, 9.17) is 68.5 Å². The Bertz CT molecular complexity index is 5630. The van der Waals surface area contributed by atoms with Crippen LogP contribution in [0.2, 0.25) is 0 Å². The molecule has 17 rings (SSSR count). The molecule has 0 aromatic heterocycles. The van der Waals surface area contributed by atoms with E-state index in [1.165, 1.54) is 166 Å². The number of aliphatic hydroxyl groups excluding tert-OH is 1. The van der Waals surface area contributed by atoms with Crippen molar-refractivity contribution in [2.24, 2.45) is 0 Å². The number of hydrogen-bond acceptors (Lipinski definition) is 15. The maximum Gasteiger partial charge on any atom is 0.411 e. The molecule has 1 fully saturated rings. The van der Waals surface area contributed by atoms with E-state index in [1.54, 1.807) is 4.90 Å².